The zero-order chi connectivity index (χ0) is 35.3. The summed E-state index contributed by atoms with van der Waals surface area (Å²) in [6, 6.07) is 67.7. The first-order valence-corrected chi connectivity index (χ1v) is 20.1. The highest BCUT2D eigenvalue weighted by atomic mass is 32.1. The molecule has 0 aliphatic carbocycles. The van der Waals surface area contributed by atoms with Gasteiger partial charge in [0.25, 0.3) is 0 Å². The molecule has 0 bridgehead atoms. The minimum absolute atomic E-state index is 1.23. The predicted octanol–water partition coefficient (Wildman–Crippen LogP) is 16.0. The van der Waals surface area contributed by atoms with Crippen LogP contribution in [0.1, 0.15) is 0 Å². The van der Waals surface area contributed by atoms with E-state index in [4.69, 9.17) is 0 Å². The summed E-state index contributed by atoms with van der Waals surface area (Å²) in [5.74, 6) is 0. The minimum atomic E-state index is 1.23. The molecule has 0 spiro atoms. The molecule has 12 rings (SSSR count). The van der Waals surface area contributed by atoms with Crippen LogP contribution in [0.4, 0.5) is 0 Å². The Bertz CT molecular complexity index is 3430. The third-order valence-corrected chi connectivity index (χ3v) is 13.8. The molecule has 0 aliphatic heterocycles. The highest BCUT2D eigenvalue weighted by Crippen LogP contribution is 2.50. The van der Waals surface area contributed by atoms with Crippen molar-refractivity contribution in [2.75, 3.05) is 0 Å². The first-order chi connectivity index (χ1) is 26.8. The number of benzene rings is 10. The molecular weight excluding hydrogens is 689 g/mol. The van der Waals surface area contributed by atoms with E-state index < -0.39 is 0 Å². The smallest absolute Gasteiger partial charge is 0.0449 e. The van der Waals surface area contributed by atoms with Crippen LogP contribution in [0.3, 0.4) is 0 Å². The summed E-state index contributed by atoms with van der Waals surface area (Å²) in [4.78, 5) is 0. The Morgan fingerprint density at radius 1 is 0.278 bits per heavy atom. The Kier molecular flexibility index (Phi) is 6.48. The van der Waals surface area contributed by atoms with Crippen LogP contribution < -0.4 is 0 Å². The van der Waals surface area contributed by atoms with Gasteiger partial charge in [-0.05, 0) is 95.2 Å². The van der Waals surface area contributed by atoms with Crippen LogP contribution in [-0.2, 0) is 0 Å². The molecule has 0 saturated carbocycles. The van der Waals surface area contributed by atoms with Crippen LogP contribution in [-0.4, -0.2) is 0 Å². The van der Waals surface area contributed by atoms with Gasteiger partial charge in [0.1, 0.15) is 0 Å². The number of rotatable bonds is 3. The predicted molar refractivity (Wildman–Crippen MR) is 239 cm³/mol. The van der Waals surface area contributed by atoms with Crippen molar-refractivity contribution in [1.29, 1.82) is 0 Å². The molecule has 0 unspecified atom stereocenters. The van der Waals surface area contributed by atoms with Gasteiger partial charge in [0.05, 0.1) is 0 Å². The summed E-state index contributed by atoms with van der Waals surface area (Å²) in [6.45, 7) is 0. The normalized spacial score (nSPS) is 12.1. The van der Waals surface area contributed by atoms with E-state index in [2.05, 4.69) is 182 Å². The monoisotopic (exact) mass is 718 g/mol. The molecular formula is C52H30S2. The highest BCUT2D eigenvalue weighted by molar-refractivity contribution is 7.30. The summed E-state index contributed by atoms with van der Waals surface area (Å²) in [7, 11) is 0. The van der Waals surface area contributed by atoms with Gasteiger partial charge >= 0.3 is 0 Å². The Morgan fingerprint density at radius 2 is 0.815 bits per heavy atom. The maximum Gasteiger partial charge on any atom is 0.0449 e. The van der Waals surface area contributed by atoms with Gasteiger partial charge in [-0.1, -0.05) is 158 Å². The Balaban J connectivity index is 1.10. The van der Waals surface area contributed by atoms with Gasteiger partial charge in [-0.3, -0.25) is 0 Å². The molecule has 0 fully saturated rings. The SMILES string of the molecule is c1ccc2cc3c(cc2c1)sc1c(-c2ccc(-c4c5ccccc5c(-c5cccc6ccccc56)c5ccccc45)cc2)cc2c4ccccc4sc2c13. The fourth-order valence-corrected chi connectivity index (χ4v) is 11.6. The lowest BCUT2D eigenvalue weighted by molar-refractivity contribution is 1.65. The van der Waals surface area contributed by atoms with Crippen LogP contribution in [0, 0.1) is 0 Å². The van der Waals surface area contributed by atoms with Crippen molar-refractivity contribution in [3.8, 4) is 33.4 Å². The van der Waals surface area contributed by atoms with Crippen LogP contribution in [0.25, 0.3) is 117 Å². The van der Waals surface area contributed by atoms with Gasteiger partial charge in [0, 0.05) is 45.9 Å². The van der Waals surface area contributed by atoms with Gasteiger partial charge in [-0.25, -0.2) is 0 Å². The Labute approximate surface area is 319 Å². The lowest BCUT2D eigenvalue weighted by Crippen LogP contribution is -1.91. The topological polar surface area (TPSA) is 0 Å². The number of fused-ring (bicyclic) bond motifs is 11. The molecule has 0 atom stereocenters. The third kappa shape index (κ3) is 4.36. The van der Waals surface area contributed by atoms with Gasteiger partial charge in [-0.2, -0.15) is 0 Å². The Hall–Kier alpha value is -6.32. The fourth-order valence-electron chi connectivity index (χ4n) is 9.01. The minimum Gasteiger partial charge on any atom is -0.134 e. The van der Waals surface area contributed by atoms with E-state index in [0.29, 0.717) is 0 Å². The highest BCUT2D eigenvalue weighted by Gasteiger charge is 2.21. The summed E-state index contributed by atoms with van der Waals surface area (Å²) in [5, 5.41) is 15.7. The molecule has 0 saturated heterocycles. The van der Waals surface area contributed by atoms with Crippen molar-refractivity contribution in [2.45, 2.75) is 0 Å². The van der Waals surface area contributed by atoms with Crippen LogP contribution in [0.15, 0.2) is 182 Å². The van der Waals surface area contributed by atoms with E-state index in [1.54, 1.807) is 0 Å². The molecule has 10 aromatic carbocycles. The third-order valence-electron chi connectivity index (χ3n) is 11.4. The molecule has 0 aliphatic rings. The maximum absolute atomic E-state index is 2.46. The molecule has 250 valence electrons. The molecule has 0 radical (unpaired) electrons. The van der Waals surface area contributed by atoms with E-state index >= 15 is 0 Å². The number of hydrogen-bond acceptors (Lipinski definition) is 2. The maximum atomic E-state index is 2.46. The van der Waals surface area contributed by atoms with Crippen molar-refractivity contribution in [2.24, 2.45) is 0 Å². The summed E-state index contributed by atoms with van der Waals surface area (Å²) in [5.41, 5.74) is 7.65. The van der Waals surface area contributed by atoms with Gasteiger partial charge in [0.2, 0.25) is 0 Å². The zero-order valence-corrected chi connectivity index (χ0v) is 30.8. The molecule has 2 heterocycles. The van der Waals surface area contributed by atoms with Crippen molar-refractivity contribution in [3.05, 3.63) is 182 Å². The van der Waals surface area contributed by atoms with Gasteiger partial charge < -0.3 is 0 Å². The average molecular weight is 719 g/mol. The second-order valence-electron chi connectivity index (χ2n) is 14.3. The molecule has 0 amide bonds. The van der Waals surface area contributed by atoms with Gasteiger partial charge in [0.15, 0.2) is 0 Å². The van der Waals surface area contributed by atoms with E-state index in [1.165, 1.54) is 117 Å². The van der Waals surface area contributed by atoms with Crippen LogP contribution in [0.5, 0.6) is 0 Å². The summed E-state index contributed by atoms with van der Waals surface area (Å²) < 4.78 is 5.43. The van der Waals surface area contributed by atoms with Crippen molar-refractivity contribution in [1.82, 2.24) is 0 Å². The lowest BCUT2D eigenvalue weighted by Gasteiger charge is -2.19. The summed E-state index contributed by atoms with van der Waals surface area (Å²) >= 11 is 3.86. The first-order valence-electron chi connectivity index (χ1n) is 18.5. The largest absolute Gasteiger partial charge is 0.134 e. The lowest BCUT2D eigenvalue weighted by atomic mass is 9.84. The molecule has 0 N–H and O–H groups in total. The van der Waals surface area contributed by atoms with Crippen molar-refractivity contribution >= 4 is 106 Å². The quantitative estimate of drug-likeness (QED) is 0.160. The molecule has 12 aromatic rings. The van der Waals surface area contributed by atoms with E-state index in [-0.39, 0.29) is 0 Å². The zero-order valence-electron chi connectivity index (χ0n) is 29.1. The molecule has 2 aromatic heterocycles. The summed E-state index contributed by atoms with van der Waals surface area (Å²) in [6.07, 6.45) is 0. The number of thiophene rings is 2. The van der Waals surface area contributed by atoms with E-state index in [9.17, 15) is 0 Å². The van der Waals surface area contributed by atoms with E-state index in [1.807, 2.05) is 22.7 Å². The first kappa shape index (κ1) is 30.2. The average Bonchev–Trinajstić information content (AvgIpc) is 3.79. The molecule has 54 heavy (non-hydrogen) atoms. The van der Waals surface area contributed by atoms with Crippen molar-refractivity contribution < 1.29 is 0 Å². The Morgan fingerprint density at radius 3 is 1.54 bits per heavy atom. The van der Waals surface area contributed by atoms with Crippen LogP contribution in [0.2, 0.25) is 0 Å². The van der Waals surface area contributed by atoms with Crippen molar-refractivity contribution in [3.63, 3.8) is 0 Å². The standard InChI is InChI=1S/C52H30S2/c1-2-14-35-29-47-45(28-34(35)13-1)50-51(54-47)43(30-44-37-17-9-10-23-46(37)53-52(44)50)32-24-26-33(27-25-32)48-39-18-5-7-20-41(39)49(42-21-8-6-19-40(42)48)38-22-11-15-31-12-3-4-16-36(31)38/h1-30H. The van der Waals surface area contributed by atoms with Gasteiger partial charge in [-0.15, -0.1) is 22.7 Å². The van der Waals surface area contributed by atoms with E-state index in [0.717, 1.165) is 0 Å². The van der Waals surface area contributed by atoms with Crippen LogP contribution >= 0.6 is 22.7 Å². The number of hydrogen-bond donors (Lipinski definition) is 0. The molecule has 2 heteroatoms. The fraction of sp³-hybridized carbons (Fsp3) is 0. The second-order valence-corrected chi connectivity index (χ2v) is 16.5. The second kappa shape index (κ2) is 11.6. The molecule has 0 nitrogen and oxygen atoms in total.